The molecule has 1 heterocycles. The highest BCUT2D eigenvalue weighted by Crippen LogP contribution is 2.16. The first-order valence-corrected chi connectivity index (χ1v) is 9.12. The smallest absolute Gasteiger partial charge is 0.188 e. The van der Waals surface area contributed by atoms with Gasteiger partial charge in [-0.05, 0) is 43.5 Å². The molecule has 1 fully saturated rings. The molecule has 24 heavy (non-hydrogen) atoms. The van der Waals surface area contributed by atoms with Crippen LogP contribution in [-0.4, -0.2) is 30.5 Å². The summed E-state index contributed by atoms with van der Waals surface area (Å²) in [5.41, 5.74) is 8.62. The molecule has 1 aromatic carbocycles. The zero-order chi connectivity index (χ0) is 16.3. The molecule has 0 aliphatic carbocycles. The molecule has 1 saturated heterocycles. The highest BCUT2D eigenvalue weighted by molar-refractivity contribution is 14.0. The molecular weight excluding hydrogens is 411 g/mol. The largest absolute Gasteiger partial charge is 0.370 e. The maximum atomic E-state index is 5.95. The molecule has 1 aromatic rings. The lowest BCUT2D eigenvalue weighted by atomic mass is 10.1. The third kappa shape index (κ3) is 7.83. The topological polar surface area (TPSA) is 53.6 Å². The summed E-state index contributed by atoms with van der Waals surface area (Å²) < 4.78 is 0. The number of rotatable bonds is 7. The number of halogens is 1. The second kappa shape index (κ2) is 12.5. The van der Waals surface area contributed by atoms with E-state index < -0.39 is 0 Å². The zero-order valence-corrected chi connectivity index (χ0v) is 17.3. The number of nitrogens with two attached hydrogens (primary N) is 1. The summed E-state index contributed by atoms with van der Waals surface area (Å²) in [4.78, 5) is 7.09. The fourth-order valence-electron chi connectivity index (χ4n) is 3.02. The van der Waals surface area contributed by atoms with E-state index in [0.717, 1.165) is 19.5 Å². The van der Waals surface area contributed by atoms with Crippen molar-refractivity contribution in [1.29, 1.82) is 0 Å². The van der Waals surface area contributed by atoms with Gasteiger partial charge < -0.3 is 11.1 Å². The van der Waals surface area contributed by atoms with Crippen LogP contribution in [0.2, 0.25) is 0 Å². The van der Waals surface area contributed by atoms with Crippen molar-refractivity contribution in [2.45, 2.75) is 58.5 Å². The predicted octanol–water partition coefficient (Wildman–Crippen LogP) is 3.89. The number of hydrogen-bond acceptors (Lipinski definition) is 2. The zero-order valence-electron chi connectivity index (χ0n) is 15.0. The van der Waals surface area contributed by atoms with Crippen LogP contribution >= 0.6 is 24.0 Å². The first-order chi connectivity index (χ1) is 11.3. The van der Waals surface area contributed by atoms with Crippen molar-refractivity contribution in [3.63, 3.8) is 0 Å². The number of nitrogens with zero attached hydrogens (tertiary/aromatic N) is 2. The number of unbranched alkanes of at least 4 members (excludes halogenated alkanes) is 1. The number of likely N-dealkylation sites (tertiary alicyclic amines) is 1. The van der Waals surface area contributed by atoms with Crippen molar-refractivity contribution in [3.8, 4) is 0 Å². The van der Waals surface area contributed by atoms with E-state index in [1.54, 1.807) is 0 Å². The molecule has 1 aliphatic heterocycles. The van der Waals surface area contributed by atoms with E-state index >= 15 is 0 Å². The minimum Gasteiger partial charge on any atom is -0.370 e. The molecule has 0 bridgehead atoms. The Kier molecular flexibility index (Phi) is 11.1. The molecule has 0 aromatic heterocycles. The van der Waals surface area contributed by atoms with Gasteiger partial charge in [0.25, 0.3) is 0 Å². The van der Waals surface area contributed by atoms with Crippen LogP contribution < -0.4 is 11.1 Å². The molecule has 4 nitrogen and oxygen atoms in total. The molecule has 5 heteroatoms. The van der Waals surface area contributed by atoms with Crippen LogP contribution in [0.1, 0.15) is 56.6 Å². The van der Waals surface area contributed by atoms with Crippen molar-refractivity contribution < 1.29 is 0 Å². The number of guanidine groups is 1. The number of aliphatic imine (C=N–C) groups is 1. The Morgan fingerprint density at radius 1 is 1.12 bits per heavy atom. The van der Waals surface area contributed by atoms with Crippen LogP contribution in [-0.2, 0) is 13.1 Å². The van der Waals surface area contributed by atoms with Gasteiger partial charge in [0.15, 0.2) is 5.96 Å². The minimum absolute atomic E-state index is 0. The molecule has 0 amide bonds. The molecule has 1 aliphatic rings. The van der Waals surface area contributed by atoms with Gasteiger partial charge in [-0.2, -0.15) is 0 Å². The van der Waals surface area contributed by atoms with Crippen LogP contribution in [0.25, 0.3) is 0 Å². The van der Waals surface area contributed by atoms with E-state index in [4.69, 9.17) is 5.73 Å². The number of nitrogens with one attached hydrogen (secondary N) is 1. The van der Waals surface area contributed by atoms with Gasteiger partial charge in [-0.1, -0.05) is 50.5 Å². The van der Waals surface area contributed by atoms with Crippen LogP contribution in [0, 0.1) is 0 Å². The lowest BCUT2D eigenvalue weighted by molar-refractivity contribution is 0.276. The Hall–Kier alpha value is -0.820. The summed E-state index contributed by atoms with van der Waals surface area (Å²) in [6.45, 7) is 7.22. The average molecular weight is 444 g/mol. The third-order valence-corrected chi connectivity index (χ3v) is 4.47. The van der Waals surface area contributed by atoms with Gasteiger partial charge in [0.1, 0.15) is 0 Å². The molecule has 3 N–H and O–H groups in total. The van der Waals surface area contributed by atoms with E-state index in [-0.39, 0.29) is 24.0 Å². The second-order valence-electron chi connectivity index (χ2n) is 6.44. The molecule has 0 unspecified atom stereocenters. The summed E-state index contributed by atoms with van der Waals surface area (Å²) in [6, 6.07) is 8.63. The molecule has 136 valence electrons. The maximum absolute atomic E-state index is 5.95. The standard InChI is InChI=1S/C19H32N4.HI/c1-2-3-12-21-19(20)22-15-17-10-6-7-11-18(17)16-23-13-8-4-5-9-14-23;/h6-7,10-11H,2-5,8-9,12-16H2,1H3,(H3,20,21,22);1H. The van der Waals surface area contributed by atoms with Gasteiger partial charge >= 0.3 is 0 Å². The normalized spacial score (nSPS) is 16.3. The van der Waals surface area contributed by atoms with Crippen molar-refractivity contribution in [2.24, 2.45) is 10.7 Å². The first-order valence-electron chi connectivity index (χ1n) is 9.12. The van der Waals surface area contributed by atoms with Crippen LogP contribution in [0.5, 0.6) is 0 Å². The van der Waals surface area contributed by atoms with Crippen molar-refractivity contribution in [2.75, 3.05) is 19.6 Å². The molecule has 0 radical (unpaired) electrons. The van der Waals surface area contributed by atoms with Gasteiger partial charge in [-0.15, -0.1) is 24.0 Å². The van der Waals surface area contributed by atoms with E-state index in [9.17, 15) is 0 Å². The lowest BCUT2D eigenvalue weighted by Gasteiger charge is -2.21. The monoisotopic (exact) mass is 444 g/mol. The van der Waals surface area contributed by atoms with Gasteiger partial charge in [0, 0.05) is 13.1 Å². The van der Waals surface area contributed by atoms with Gasteiger partial charge in [0.05, 0.1) is 6.54 Å². The summed E-state index contributed by atoms with van der Waals surface area (Å²) in [5.74, 6) is 0.558. The Bertz CT molecular complexity index is 482. The Morgan fingerprint density at radius 3 is 2.46 bits per heavy atom. The van der Waals surface area contributed by atoms with Crippen LogP contribution in [0.15, 0.2) is 29.3 Å². The van der Waals surface area contributed by atoms with Crippen molar-refractivity contribution in [1.82, 2.24) is 10.2 Å². The SMILES string of the molecule is CCCCNC(N)=NCc1ccccc1CN1CCCCCC1.I. The van der Waals surface area contributed by atoms with E-state index in [0.29, 0.717) is 12.5 Å². The second-order valence-corrected chi connectivity index (χ2v) is 6.44. The first kappa shape index (κ1) is 21.2. The highest BCUT2D eigenvalue weighted by Gasteiger charge is 2.11. The molecule has 2 rings (SSSR count). The van der Waals surface area contributed by atoms with E-state index in [1.165, 1.54) is 56.3 Å². The molecular formula is C19H33IN4. The van der Waals surface area contributed by atoms with E-state index in [2.05, 4.69) is 46.4 Å². The van der Waals surface area contributed by atoms with E-state index in [1.807, 2.05) is 0 Å². The maximum Gasteiger partial charge on any atom is 0.188 e. The lowest BCUT2D eigenvalue weighted by Crippen LogP contribution is -2.32. The van der Waals surface area contributed by atoms with Crippen molar-refractivity contribution in [3.05, 3.63) is 35.4 Å². The summed E-state index contributed by atoms with van der Waals surface area (Å²) in [5, 5.41) is 3.18. The predicted molar refractivity (Wildman–Crippen MR) is 114 cm³/mol. The van der Waals surface area contributed by atoms with Gasteiger partial charge in [-0.25, -0.2) is 4.99 Å². The van der Waals surface area contributed by atoms with Gasteiger partial charge in [0.2, 0.25) is 0 Å². The summed E-state index contributed by atoms with van der Waals surface area (Å²) in [7, 11) is 0. The van der Waals surface area contributed by atoms with Gasteiger partial charge in [-0.3, -0.25) is 4.90 Å². The Balaban J connectivity index is 0.00000288. The summed E-state index contributed by atoms with van der Waals surface area (Å²) in [6.07, 6.45) is 7.70. The van der Waals surface area contributed by atoms with Crippen molar-refractivity contribution >= 4 is 29.9 Å². The van der Waals surface area contributed by atoms with Crippen LogP contribution in [0.4, 0.5) is 0 Å². The average Bonchev–Trinajstić information content (AvgIpc) is 2.83. The Morgan fingerprint density at radius 2 is 1.79 bits per heavy atom. The minimum atomic E-state index is 0. The Labute approximate surface area is 164 Å². The fraction of sp³-hybridized carbons (Fsp3) is 0.632. The number of benzene rings is 1. The quantitative estimate of drug-likeness (QED) is 0.291. The molecule has 0 spiro atoms. The number of hydrogen-bond donors (Lipinski definition) is 2. The molecule has 0 saturated carbocycles. The fourth-order valence-corrected chi connectivity index (χ4v) is 3.02. The molecule has 0 atom stereocenters. The third-order valence-electron chi connectivity index (χ3n) is 4.47. The highest BCUT2D eigenvalue weighted by atomic mass is 127. The summed E-state index contributed by atoms with van der Waals surface area (Å²) >= 11 is 0. The van der Waals surface area contributed by atoms with Crippen LogP contribution in [0.3, 0.4) is 0 Å².